The molecule has 3 nitrogen and oxygen atoms in total. The number of hydrogen-bond donors (Lipinski definition) is 0. The maximum absolute atomic E-state index is 7.18. The first-order valence-corrected chi connectivity index (χ1v) is 15.2. The van der Waals surface area contributed by atoms with Crippen molar-refractivity contribution in [1.29, 1.82) is 0 Å². The van der Waals surface area contributed by atoms with Gasteiger partial charge in [0, 0.05) is 5.41 Å². The van der Waals surface area contributed by atoms with Crippen molar-refractivity contribution in [3.8, 4) is 0 Å². The summed E-state index contributed by atoms with van der Waals surface area (Å²) in [6, 6.07) is 0. The van der Waals surface area contributed by atoms with Gasteiger partial charge >= 0.3 is 7.12 Å². The second-order valence-corrected chi connectivity index (χ2v) is 14.2. The van der Waals surface area contributed by atoms with Crippen molar-refractivity contribution >= 4 is 7.12 Å². The first-order chi connectivity index (χ1) is 16.8. The topological polar surface area (TPSA) is 27.7 Å². The lowest BCUT2D eigenvalue weighted by atomic mass is 9.45. The van der Waals surface area contributed by atoms with E-state index >= 15 is 0 Å². The average molecular weight is 479 g/mol. The Morgan fingerprint density at radius 2 is 1.46 bits per heavy atom. The minimum atomic E-state index is -0.244. The quantitative estimate of drug-likeness (QED) is 0.362. The van der Waals surface area contributed by atoms with E-state index in [2.05, 4.69) is 39.8 Å². The Morgan fingerprint density at radius 3 is 2.26 bits per heavy atom. The summed E-state index contributed by atoms with van der Waals surface area (Å²) in [7, 11) is -0.0806. The van der Waals surface area contributed by atoms with Crippen molar-refractivity contribution in [2.75, 3.05) is 0 Å². The molecule has 1 spiro atoms. The molecule has 8 unspecified atom stereocenters. The van der Waals surface area contributed by atoms with Crippen molar-refractivity contribution < 1.29 is 14.0 Å². The van der Waals surface area contributed by atoms with E-state index in [4.69, 9.17) is 14.0 Å². The molecule has 4 heteroatoms. The van der Waals surface area contributed by atoms with Crippen molar-refractivity contribution in [2.45, 2.75) is 140 Å². The predicted octanol–water partition coefficient (Wildman–Crippen LogP) is 7.66. The van der Waals surface area contributed by atoms with E-state index in [-0.39, 0.29) is 18.3 Å². The maximum atomic E-state index is 7.18. The summed E-state index contributed by atoms with van der Waals surface area (Å²) in [5.74, 6) is 3.62. The molecule has 5 fully saturated rings. The zero-order valence-corrected chi connectivity index (χ0v) is 22.7. The van der Waals surface area contributed by atoms with Gasteiger partial charge in [0.15, 0.2) is 0 Å². The molecule has 35 heavy (non-hydrogen) atoms. The van der Waals surface area contributed by atoms with Gasteiger partial charge in [-0.25, -0.2) is 0 Å². The van der Waals surface area contributed by atoms with Crippen LogP contribution in [0, 0.1) is 29.1 Å². The number of allylic oxidation sites excluding steroid dienone is 4. The minimum absolute atomic E-state index is 0.0806. The number of fused-ring (bicyclic) bond motifs is 8. The molecule has 3 saturated carbocycles. The highest BCUT2D eigenvalue weighted by Crippen LogP contribution is 2.71. The Labute approximate surface area is 214 Å². The Morgan fingerprint density at radius 1 is 0.771 bits per heavy atom. The van der Waals surface area contributed by atoms with Crippen LogP contribution in [0.25, 0.3) is 0 Å². The van der Waals surface area contributed by atoms with Crippen LogP contribution in [0.1, 0.15) is 111 Å². The van der Waals surface area contributed by atoms with Gasteiger partial charge in [0.25, 0.3) is 0 Å². The van der Waals surface area contributed by atoms with Crippen molar-refractivity contribution in [1.82, 2.24) is 0 Å². The Balaban J connectivity index is 1.26. The highest BCUT2D eigenvalue weighted by molar-refractivity contribution is 6.47. The molecule has 192 valence electrons. The van der Waals surface area contributed by atoms with Crippen LogP contribution in [0.2, 0.25) is 5.82 Å². The van der Waals surface area contributed by atoms with Gasteiger partial charge in [-0.15, -0.1) is 0 Å². The summed E-state index contributed by atoms with van der Waals surface area (Å²) in [6.07, 6.45) is 23.4. The molecule has 8 atom stereocenters. The van der Waals surface area contributed by atoms with E-state index in [1.807, 2.05) is 5.57 Å². The molecule has 2 heterocycles. The van der Waals surface area contributed by atoms with Crippen molar-refractivity contribution in [3.63, 3.8) is 0 Å². The fourth-order valence-corrected chi connectivity index (χ4v) is 10.3. The summed E-state index contributed by atoms with van der Waals surface area (Å²) < 4.78 is 20.3. The first-order valence-electron chi connectivity index (χ1n) is 15.2. The van der Waals surface area contributed by atoms with Crippen LogP contribution in [0.15, 0.2) is 23.3 Å². The molecule has 0 aromatic rings. The lowest BCUT2D eigenvalue weighted by molar-refractivity contribution is -0.217. The van der Waals surface area contributed by atoms with Crippen LogP contribution >= 0.6 is 0 Å². The molecule has 7 rings (SSSR count). The van der Waals surface area contributed by atoms with Crippen molar-refractivity contribution in [2.24, 2.45) is 29.1 Å². The Hall–Kier alpha value is -0.575. The summed E-state index contributed by atoms with van der Waals surface area (Å²) in [4.78, 5) is 0. The Kier molecular flexibility index (Phi) is 5.52. The molecule has 0 amide bonds. The zero-order valence-electron chi connectivity index (χ0n) is 22.7. The molecule has 7 aliphatic rings. The molecule has 5 aliphatic carbocycles. The van der Waals surface area contributed by atoms with Gasteiger partial charge in [-0.3, -0.25) is 0 Å². The SMILES string of the molecule is CC1(C)OB(C2CCC3C(C2)OC2CCCCC2C32C3=C(C=CCC3)C3CCCCC32)OC1(C)C. The fraction of sp³-hybridized carbons (Fsp3) is 0.871. The van der Waals surface area contributed by atoms with E-state index in [1.54, 1.807) is 5.57 Å². The summed E-state index contributed by atoms with van der Waals surface area (Å²) in [5.41, 5.74) is 3.67. The monoisotopic (exact) mass is 478 g/mol. The zero-order chi connectivity index (χ0) is 24.0. The normalized spacial score (nSPS) is 47.9. The van der Waals surface area contributed by atoms with Crippen LogP contribution in [-0.4, -0.2) is 30.5 Å². The molecule has 0 radical (unpaired) electrons. The van der Waals surface area contributed by atoms with E-state index in [0.717, 1.165) is 24.2 Å². The second kappa shape index (κ2) is 8.21. The molecule has 2 saturated heterocycles. The third-order valence-electron chi connectivity index (χ3n) is 12.3. The van der Waals surface area contributed by atoms with E-state index in [9.17, 15) is 0 Å². The largest absolute Gasteiger partial charge is 0.461 e. The van der Waals surface area contributed by atoms with Crippen LogP contribution in [-0.2, 0) is 14.0 Å². The van der Waals surface area contributed by atoms with E-state index in [0.29, 0.717) is 29.4 Å². The van der Waals surface area contributed by atoms with Crippen molar-refractivity contribution in [3.05, 3.63) is 23.3 Å². The molecule has 2 aliphatic heterocycles. The van der Waals surface area contributed by atoms with Crippen LogP contribution in [0.3, 0.4) is 0 Å². The highest BCUT2D eigenvalue weighted by atomic mass is 16.7. The van der Waals surface area contributed by atoms with Crippen LogP contribution < -0.4 is 0 Å². The molecule has 0 bridgehead atoms. The lowest BCUT2D eigenvalue weighted by Gasteiger charge is -2.62. The lowest BCUT2D eigenvalue weighted by Crippen LogP contribution is -2.61. The third-order valence-corrected chi connectivity index (χ3v) is 12.3. The van der Waals surface area contributed by atoms with E-state index < -0.39 is 0 Å². The smallest absolute Gasteiger partial charge is 0.403 e. The molecular formula is C31H47BO3. The number of hydrogen-bond acceptors (Lipinski definition) is 3. The van der Waals surface area contributed by atoms with Gasteiger partial charge in [-0.1, -0.05) is 49.8 Å². The Bertz CT molecular complexity index is 904. The fourth-order valence-electron chi connectivity index (χ4n) is 10.3. The average Bonchev–Trinajstić information content (AvgIpc) is 3.27. The van der Waals surface area contributed by atoms with Gasteiger partial charge < -0.3 is 14.0 Å². The summed E-state index contributed by atoms with van der Waals surface area (Å²) in [6.45, 7) is 8.79. The standard InChI is InChI=1S/C31H47BO3/c1-29(2)30(3,4)35-32(34-29)20-17-18-26-28(19-20)33-27-16-10-9-15-25(27)31(26)23-13-7-5-11-21(23)22-12-6-8-14-24(22)31/h5,11,20,22,24-28H,6-10,12-19H2,1-4H3. The van der Waals surface area contributed by atoms with Gasteiger partial charge in [0.2, 0.25) is 0 Å². The van der Waals surface area contributed by atoms with Gasteiger partial charge in [0.1, 0.15) is 0 Å². The summed E-state index contributed by atoms with van der Waals surface area (Å²) in [5, 5.41) is 0. The predicted molar refractivity (Wildman–Crippen MR) is 141 cm³/mol. The van der Waals surface area contributed by atoms with E-state index in [1.165, 1.54) is 77.0 Å². The first kappa shape index (κ1) is 23.5. The highest BCUT2D eigenvalue weighted by Gasteiger charge is 2.67. The maximum Gasteiger partial charge on any atom is 0.461 e. The minimum Gasteiger partial charge on any atom is -0.403 e. The van der Waals surface area contributed by atoms with Gasteiger partial charge in [-0.2, -0.15) is 0 Å². The number of ether oxygens (including phenoxy) is 1. The van der Waals surface area contributed by atoms with Crippen LogP contribution in [0.4, 0.5) is 0 Å². The third kappa shape index (κ3) is 3.27. The molecule has 0 aromatic heterocycles. The molecular weight excluding hydrogens is 431 g/mol. The molecule has 0 N–H and O–H groups in total. The van der Waals surface area contributed by atoms with Crippen LogP contribution in [0.5, 0.6) is 0 Å². The number of rotatable bonds is 1. The van der Waals surface area contributed by atoms with Gasteiger partial charge in [-0.05, 0) is 114 Å². The van der Waals surface area contributed by atoms with Gasteiger partial charge in [0.05, 0.1) is 23.4 Å². The molecule has 0 aromatic carbocycles. The summed E-state index contributed by atoms with van der Waals surface area (Å²) >= 11 is 0. The second-order valence-electron chi connectivity index (χ2n) is 14.2.